The third-order valence-electron chi connectivity index (χ3n) is 3.85. The van der Waals surface area contributed by atoms with Crippen molar-refractivity contribution in [1.29, 1.82) is 0 Å². The van der Waals surface area contributed by atoms with Crippen LogP contribution < -0.4 is 5.56 Å². The van der Waals surface area contributed by atoms with Crippen molar-refractivity contribution in [3.63, 3.8) is 0 Å². The van der Waals surface area contributed by atoms with Crippen molar-refractivity contribution in [2.24, 2.45) is 0 Å². The Bertz CT molecular complexity index is 862. The highest BCUT2D eigenvalue weighted by Crippen LogP contribution is 2.11. The Hall–Kier alpha value is -2.63. The zero-order valence-corrected chi connectivity index (χ0v) is 16.0. The van der Waals surface area contributed by atoms with E-state index < -0.39 is 11.6 Å². The number of carbonyl (C=O) groups is 2. The van der Waals surface area contributed by atoms with Gasteiger partial charge in [0.2, 0.25) is 5.91 Å². The van der Waals surface area contributed by atoms with Crippen LogP contribution in [-0.4, -0.2) is 39.5 Å². The van der Waals surface area contributed by atoms with E-state index in [0.717, 1.165) is 5.39 Å². The van der Waals surface area contributed by atoms with Crippen LogP contribution in [0.3, 0.4) is 0 Å². The number of esters is 1. The van der Waals surface area contributed by atoms with E-state index in [2.05, 4.69) is 0 Å². The first-order valence-corrected chi connectivity index (χ1v) is 8.68. The van der Waals surface area contributed by atoms with Gasteiger partial charge in [0.25, 0.3) is 5.56 Å². The Kier molecular flexibility index (Phi) is 5.85. The monoisotopic (exact) mass is 358 g/mol. The molecule has 0 atom stereocenters. The fourth-order valence-corrected chi connectivity index (χ4v) is 2.66. The minimum atomic E-state index is -0.613. The van der Waals surface area contributed by atoms with E-state index in [9.17, 15) is 14.4 Å². The van der Waals surface area contributed by atoms with Crippen LogP contribution in [0.15, 0.2) is 41.3 Å². The van der Waals surface area contributed by atoms with Gasteiger partial charge in [-0.05, 0) is 52.1 Å². The Morgan fingerprint density at radius 3 is 2.42 bits per heavy atom. The predicted molar refractivity (Wildman–Crippen MR) is 101 cm³/mol. The second kappa shape index (κ2) is 7.72. The SMILES string of the molecule is CC(C)N(CC(=O)OC(C)(C)C)C(=O)Cn1ccc2ccccc2c1=O. The van der Waals surface area contributed by atoms with Crippen molar-refractivity contribution in [2.45, 2.75) is 52.8 Å². The summed E-state index contributed by atoms with van der Waals surface area (Å²) in [6.07, 6.45) is 1.61. The van der Waals surface area contributed by atoms with Gasteiger partial charge in [-0.15, -0.1) is 0 Å². The van der Waals surface area contributed by atoms with Crippen molar-refractivity contribution < 1.29 is 14.3 Å². The molecule has 2 rings (SSSR count). The molecular weight excluding hydrogens is 332 g/mol. The van der Waals surface area contributed by atoms with Gasteiger partial charge in [-0.2, -0.15) is 0 Å². The number of pyridine rings is 1. The number of aromatic nitrogens is 1. The second-order valence-corrected chi connectivity index (χ2v) is 7.54. The molecule has 0 fully saturated rings. The molecule has 26 heavy (non-hydrogen) atoms. The van der Waals surface area contributed by atoms with Crippen LogP contribution in [0.2, 0.25) is 0 Å². The molecule has 0 N–H and O–H groups in total. The van der Waals surface area contributed by atoms with E-state index in [1.165, 1.54) is 9.47 Å². The summed E-state index contributed by atoms with van der Waals surface area (Å²) < 4.78 is 6.67. The highest BCUT2D eigenvalue weighted by atomic mass is 16.6. The van der Waals surface area contributed by atoms with Crippen LogP contribution in [-0.2, 0) is 20.9 Å². The highest BCUT2D eigenvalue weighted by Gasteiger charge is 2.24. The number of hydrogen-bond acceptors (Lipinski definition) is 4. The maximum atomic E-state index is 12.7. The molecule has 2 aromatic rings. The molecule has 6 nitrogen and oxygen atoms in total. The summed E-state index contributed by atoms with van der Waals surface area (Å²) in [6, 6.07) is 8.85. The minimum absolute atomic E-state index is 0.120. The first-order chi connectivity index (χ1) is 12.1. The number of fused-ring (bicyclic) bond motifs is 1. The fraction of sp³-hybridized carbons (Fsp3) is 0.450. The molecule has 0 saturated heterocycles. The number of carbonyl (C=O) groups excluding carboxylic acids is 2. The van der Waals surface area contributed by atoms with E-state index >= 15 is 0 Å². The number of amides is 1. The van der Waals surface area contributed by atoms with Gasteiger partial charge >= 0.3 is 5.97 Å². The normalized spacial score (nSPS) is 11.6. The quantitative estimate of drug-likeness (QED) is 0.771. The standard InChI is InChI=1S/C20H26N2O4/c1-14(2)22(13-18(24)26-20(3,4)5)17(23)12-21-11-10-15-8-6-7-9-16(15)19(21)25/h6-11,14H,12-13H2,1-5H3. The van der Waals surface area contributed by atoms with Gasteiger partial charge < -0.3 is 14.2 Å². The second-order valence-electron chi connectivity index (χ2n) is 7.54. The Morgan fingerprint density at radius 2 is 1.81 bits per heavy atom. The molecule has 0 saturated carbocycles. The van der Waals surface area contributed by atoms with Crippen LogP contribution in [0.1, 0.15) is 34.6 Å². The zero-order chi connectivity index (χ0) is 19.5. The first kappa shape index (κ1) is 19.7. The van der Waals surface area contributed by atoms with E-state index in [-0.39, 0.29) is 30.6 Å². The molecule has 140 valence electrons. The minimum Gasteiger partial charge on any atom is -0.459 e. The Morgan fingerprint density at radius 1 is 1.15 bits per heavy atom. The third-order valence-corrected chi connectivity index (χ3v) is 3.85. The number of hydrogen-bond donors (Lipinski definition) is 0. The largest absolute Gasteiger partial charge is 0.459 e. The number of benzene rings is 1. The molecule has 0 spiro atoms. The van der Waals surface area contributed by atoms with Crippen molar-refractivity contribution in [2.75, 3.05) is 6.54 Å². The van der Waals surface area contributed by atoms with E-state index in [0.29, 0.717) is 5.39 Å². The summed E-state index contributed by atoms with van der Waals surface area (Å²) in [5, 5.41) is 1.39. The van der Waals surface area contributed by atoms with Gasteiger partial charge in [0.15, 0.2) is 0 Å². The smallest absolute Gasteiger partial charge is 0.326 e. The lowest BCUT2D eigenvalue weighted by Gasteiger charge is -2.28. The topological polar surface area (TPSA) is 68.6 Å². The zero-order valence-electron chi connectivity index (χ0n) is 16.0. The van der Waals surface area contributed by atoms with Crippen LogP contribution in [0, 0.1) is 0 Å². The van der Waals surface area contributed by atoms with Crippen molar-refractivity contribution >= 4 is 22.6 Å². The van der Waals surface area contributed by atoms with E-state index in [4.69, 9.17) is 4.74 Å². The molecule has 1 aromatic carbocycles. The lowest BCUT2D eigenvalue weighted by atomic mass is 10.2. The van der Waals surface area contributed by atoms with Gasteiger partial charge in [-0.25, -0.2) is 0 Å². The third kappa shape index (κ3) is 4.94. The highest BCUT2D eigenvalue weighted by molar-refractivity contribution is 5.84. The van der Waals surface area contributed by atoms with Crippen LogP contribution >= 0.6 is 0 Å². The van der Waals surface area contributed by atoms with Crippen molar-refractivity contribution in [1.82, 2.24) is 9.47 Å². The summed E-state index contributed by atoms with van der Waals surface area (Å²) in [5.74, 6) is -0.770. The first-order valence-electron chi connectivity index (χ1n) is 8.68. The molecule has 0 aliphatic rings. The Labute approximate surface area is 153 Å². The van der Waals surface area contributed by atoms with Gasteiger partial charge in [-0.3, -0.25) is 14.4 Å². The number of ether oxygens (including phenoxy) is 1. The molecule has 1 amide bonds. The number of nitrogens with zero attached hydrogens (tertiary/aromatic N) is 2. The van der Waals surface area contributed by atoms with Gasteiger partial charge in [0, 0.05) is 17.6 Å². The summed E-state index contributed by atoms with van der Waals surface area (Å²) in [5.41, 5.74) is -0.838. The van der Waals surface area contributed by atoms with Crippen molar-refractivity contribution in [3.05, 3.63) is 46.9 Å². The van der Waals surface area contributed by atoms with Crippen molar-refractivity contribution in [3.8, 4) is 0 Å². The average Bonchev–Trinajstić information content (AvgIpc) is 2.53. The van der Waals surface area contributed by atoms with Crippen LogP contribution in [0.4, 0.5) is 0 Å². The summed E-state index contributed by atoms with van der Waals surface area (Å²) in [4.78, 5) is 38.8. The lowest BCUT2D eigenvalue weighted by Crippen LogP contribution is -2.45. The van der Waals surface area contributed by atoms with Gasteiger partial charge in [0.05, 0.1) is 0 Å². The van der Waals surface area contributed by atoms with Crippen LogP contribution in [0.25, 0.3) is 10.8 Å². The molecule has 1 aromatic heterocycles. The average molecular weight is 358 g/mol. The predicted octanol–water partition coefficient (Wildman–Crippen LogP) is 2.58. The van der Waals surface area contributed by atoms with Crippen LogP contribution in [0.5, 0.6) is 0 Å². The molecular formula is C20H26N2O4. The summed E-state index contributed by atoms with van der Waals surface area (Å²) in [6.45, 7) is 8.72. The fourth-order valence-electron chi connectivity index (χ4n) is 2.66. The van der Waals surface area contributed by atoms with E-state index in [1.54, 1.807) is 45.2 Å². The molecule has 0 aliphatic carbocycles. The molecule has 6 heteroatoms. The molecule has 0 bridgehead atoms. The molecule has 0 unspecified atom stereocenters. The maximum Gasteiger partial charge on any atom is 0.326 e. The summed E-state index contributed by atoms with van der Waals surface area (Å²) >= 11 is 0. The lowest BCUT2D eigenvalue weighted by molar-refractivity contribution is -0.159. The van der Waals surface area contributed by atoms with Gasteiger partial charge in [-0.1, -0.05) is 18.2 Å². The molecule has 0 radical (unpaired) electrons. The Balaban J connectivity index is 2.19. The number of rotatable bonds is 5. The van der Waals surface area contributed by atoms with E-state index in [1.807, 2.05) is 26.0 Å². The maximum absolute atomic E-state index is 12.7. The molecule has 0 aliphatic heterocycles. The van der Waals surface area contributed by atoms with Gasteiger partial charge in [0.1, 0.15) is 18.7 Å². The molecule has 1 heterocycles. The summed E-state index contributed by atoms with van der Waals surface area (Å²) in [7, 11) is 0.